The largest absolute Gasteiger partial charge is 0.377 e. The van der Waals surface area contributed by atoms with Gasteiger partial charge in [-0.2, -0.15) is 0 Å². The number of hydrogen-bond donors (Lipinski definition) is 2. The molecule has 0 saturated carbocycles. The van der Waals surface area contributed by atoms with Crippen LogP contribution in [0.3, 0.4) is 0 Å². The number of nitrogens with zero attached hydrogens (tertiary/aromatic N) is 1. The van der Waals surface area contributed by atoms with Crippen molar-refractivity contribution in [3.05, 3.63) is 23.8 Å². The van der Waals surface area contributed by atoms with Crippen LogP contribution in [0.5, 0.6) is 0 Å². The molecule has 0 saturated heterocycles. The Kier molecular flexibility index (Phi) is 4.95. The molecule has 0 aromatic heterocycles. The van der Waals surface area contributed by atoms with Crippen molar-refractivity contribution in [1.82, 2.24) is 5.32 Å². The highest BCUT2D eigenvalue weighted by atomic mass is 16.2. The highest BCUT2D eigenvalue weighted by Crippen LogP contribution is 2.23. The molecule has 19 heavy (non-hydrogen) atoms. The summed E-state index contributed by atoms with van der Waals surface area (Å²) < 4.78 is 0. The maximum absolute atomic E-state index is 12.2. The molecule has 1 amide bonds. The molecule has 0 atom stereocenters. The lowest BCUT2D eigenvalue weighted by Gasteiger charge is -2.25. The average Bonchev–Trinajstić information content (AvgIpc) is 2.31. The quantitative estimate of drug-likeness (QED) is 0.857. The first-order valence-electron chi connectivity index (χ1n) is 6.62. The molecule has 0 heterocycles. The van der Waals surface area contributed by atoms with E-state index in [4.69, 9.17) is 0 Å². The SMILES string of the molecule is CCNC(C)(C)C(=O)Nc1ccc(C)c(N(C)C)c1. The van der Waals surface area contributed by atoms with Gasteiger partial charge in [-0.25, -0.2) is 0 Å². The fourth-order valence-corrected chi connectivity index (χ4v) is 1.98. The Morgan fingerprint density at radius 1 is 1.32 bits per heavy atom. The second kappa shape index (κ2) is 6.06. The Balaban J connectivity index is 2.89. The van der Waals surface area contributed by atoms with Gasteiger partial charge in [0.05, 0.1) is 5.54 Å². The fourth-order valence-electron chi connectivity index (χ4n) is 1.98. The summed E-state index contributed by atoms with van der Waals surface area (Å²) in [6.45, 7) is 8.57. The van der Waals surface area contributed by atoms with Crippen LogP contribution in [0.1, 0.15) is 26.3 Å². The van der Waals surface area contributed by atoms with Gasteiger partial charge in [-0.1, -0.05) is 13.0 Å². The summed E-state index contributed by atoms with van der Waals surface area (Å²) in [6, 6.07) is 5.95. The van der Waals surface area contributed by atoms with E-state index in [1.807, 2.05) is 58.0 Å². The van der Waals surface area contributed by atoms with Crippen molar-refractivity contribution in [3.63, 3.8) is 0 Å². The molecule has 0 fully saturated rings. The minimum Gasteiger partial charge on any atom is -0.377 e. The number of hydrogen-bond acceptors (Lipinski definition) is 3. The van der Waals surface area contributed by atoms with Crippen LogP contribution in [-0.4, -0.2) is 32.1 Å². The van der Waals surface area contributed by atoms with Crippen LogP contribution in [-0.2, 0) is 4.79 Å². The predicted octanol–water partition coefficient (Wildman–Crippen LogP) is 2.39. The van der Waals surface area contributed by atoms with Gasteiger partial charge in [-0.3, -0.25) is 4.79 Å². The summed E-state index contributed by atoms with van der Waals surface area (Å²) in [4.78, 5) is 14.2. The highest BCUT2D eigenvalue weighted by molar-refractivity contribution is 5.97. The van der Waals surface area contributed by atoms with Gasteiger partial charge in [0.15, 0.2) is 0 Å². The van der Waals surface area contributed by atoms with E-state index >= 15 is 0 Å². The van der Waals surface area contributed by atoms with Crippen molar-refractivity contribution in [2.24, 2.45) is 0 Å². The highest BCUT2D eigenvalue weighted by Gasteiger charge is 2.26. The molecule has 4 heteroatoms. The molecule has 1 rings (SSSR count). The number of benzene rings is 1. The number of rotatable bonds is 5. The number of amides is 1. The molecule has 0 bridgehead atoms. The van der Waals surface area contributed by atoms with E-state index in [0.717, 1.165) is 17.9 Å². The molecule has 0 aliphatic rings. The van der Waals surface area contributed by atoms with Gasteiger partial charge in [0.2, 0.25) is 5.91 Å². The Morgan fingerprint density at radius 2 is 1.95 bits per heavy atom. The van der Waals surface area contributed by atoms with Gasteiger partial charge in [-0.05, 0) is 45.0 Å². The van der Waals surface area contributed by atoms with E-state index in [2.05, 4.69) is 17.6 Å². The maximum atomic E-state index is 12.2. The van der Waals surface area contributed by atoms with E-state index in [1.54, 1.807) is 0 Å². The summed E-state index contributed by atoms with van der Waals surface area (Å²) >= 11 is 0. The molecule has 2 N–H and O–H groups in total. The summed E-state index contributed by atoms with van der Waals surface area (Å²) in [5.74, 6) is -0.0251. The van der Waals surface area contributed by atoms with Crippen molar-refractivity contribution in [3.8, 4) is 0 Å². The van der Waals surface area contributed by atoms with E-state index in [0.29, 0.717) is 0 Å². The van der Waals surface area contributed by atoms with Gasteiger partial charge in [0.25, 0.3) is 0 Å². The zero-order valence-electron chi connectivity index (χ0n) is 12.8. The standard InChI is InChI=1S/C15H25N3O/c1-7-16-15(3,4)14(19)17-12-9-8-11(2)13(10-12)18(5)6/h8-10,16H,7H2,1-6H3,(H,17,19). The van der Waals surface area contributed by atoms with Crippen LogP contribution < -0.4 is 15.5 Å². The topological polar surface area (TPSA) is 44.4 Å². The molecule has 0 aliphatic carbocycles. The lowest BCUT2D eigenvalue weighted by molar-refractivity contribution is -0.121. The summed E-state index contributed by atoms with van der Waals surface area (Å²) in [5, 5.41) is 6.13. The van der Waals surface area contributed by atoms with E-state index in [-0.39, 0.29) is 5.91 Å². The maximum Gasteiger partial charge on any atom is 0.244 e. The Bertz CT molecular complexity index is 453. The second-order valence-electron chi connectivity index (χ2n) is 5.51. The van der Waals surface area contributed by atoms with Crippen LogP contribution in [0.2, 0.25) is 0 Å². The first-order chi connectivity index (χ1) is 8.77. The fraction of sp³-hybridized carbons (Fsp3) is 0.533. The number of carbonyl (C=O) groups is 1. The van der Waals surface area contributed by atoms with Gasteiger partial charge < -0.3 is 15.5 Å². The third-order valence-electron chi connectivity index (χ3n) is 3.14. The van der Waals surface area contributed by atoms with Crippen LogP contribution in [0.4, 0.5) is 11.4 Å². The zero-order valence-corrected chi connectivity index (χ0v) is 12.8. The second-order valence-corrected chi connectivity index (χ2v) is 5.51. The normalized spacial score (nSPS) is 11.3. The molecule has 0 spiro atoms. The lowest BCUT2D eigenvalue weighted by Crippen LogP contribution is -2.49. The van der Waals surface area contributed by atoms with E-state index in [1.165, 1.54) is 5.56 Å². The summed E-state index contributed by atoms with van der Waals surface area (Å²) in [5.41, 5.74) is 2.55. The lowest BCUT2D eigenvalue weighted by atomic mass is 10.0. The van der Waals surface area contributed by atoms with Gasteiger partial charge in [0.1, 0.15) is 0 Å². The van der Waals surface area contributed by atoms with Crippen LogP contribution in [0.25, 0.3) is 0 Å². The predicted molar refractivity (Wildman–Crippen MR) is 81.9 cm³/mol. The minimum atomic E-state index is -0.572. The first kappa shape index (κ1) is 15.5. The molecular weight excluding hydrogens is 238 g/mol. The zero-order chi connectivity index (χ0) is 14.6. The van der Waals surface area contributed by atoms with Crippen LogP contribution in [0, 0.1) is 6.92 Å². The number of aryl methyl sites for hydroxylation is 1. The van der Waals surface area contributed by atoms with Gasteiger partial charge >= 0.3 is 0 Å². The molecule has 0 aliphatic heterocycles. The molecule has 4 nitrogen and oxygen atoms in total. The minimum absolute atomic E-state index is 0.0251. The first-order valence-corrected chi connectivity index (χ1v) is 6.62. The van der Waals surface area contributed by atoms with Crippen LogP contribution in [0.15, 0.2) is 18.2 Å². The van der Waals surface area contributed by atoms with Gasteiger partial charge in [-0.15, -0.1) is 0 Å². The monoisotopic (exact) mass is 263 g/mol. The molecule has 0 radical (unpaired) electrons. The Labute approximate surface area is 116 Å². The van der Waals surface area contributed by atoms with Crippen molar-refractivity contribution < 1.29 is 4.79 Å². The third kappa shape index (κ3) is 3.96. The number of nitrogens with one attached hydrogen (secondary N) is 2. The van der Waals surface area contributed by atoms with Gasteiger partial charge in [0, 0.05) is 25.5 Å². The van der Waals surface area contributed by atoms with Crippen molar-refractivity contribution >= 4 is 17.3 Å². The van der Waals surface area contributed by atoms with E-state index in [9.17, 15) is 4.79 Å². The molecule has 0 unspecified atom stereocenters. The van der Waals surface area contributed by atoms with Crippen molar-refractivity contribution in [2.75, 3.05) is 30.9 Å². The molecule has 106 valence electrons. The molecule has 1 aromatic rings. The Hall–Kier alpha value is -1.55. The molecular formula is C15H25N3O. The Morgan fingerprint density at radius 3 is 2.47 bits per heavy atom. The smallest absolute Gasteiger partial charge is 0.244 e. The summed E-state index contributed by atoms with van der Waals surface area (Å²) in [7, 11) is 3.99. The number of likely N-dealkylation sites (N-methyl/N-ethyl adjacent to an activating group) is 1. The van der Waals surface area contributed by atoms with E-state index < -0.39 is 5.54 Å². The van der Waals surface area contributed by atoms with Crippen molar-refractivity contribution in [2.45, 2.75) is 33.2 Å². The third-order valence-corrected chi connectivity index (χ3v) is 3.14. The van der Waals surface area contributed by atoms with Crippen molar-refractivity contribution in [1.29, 1.82) is 0 Å². The number of carbonyl (C=O) groups excluding carboxylic acids is 1. The number of anilines is 2. The summed E-state index contributed by atoms with van der Waals surface area (Å²) in [6.07, 6.45) is 0. The molecule has 1 aromatic carbocycles. The van der Waals surface area contributed by atoms with Crippen LogP contribution >= 0.6 is 0 Å². The average molecular weight is 263 g/mol.